The molecule has 2 aromatic carbocycles. The summed E-state index contributed by atoms with van der Waals surface area (Å²) < 4.78 is 0. The van der Waals surface area contributed by atoms with Crippen molar-refractivity contribution >= 4 is 34.8 Å². The Balaban J connectivity index is 1.78. The zero-order valence-corrected chi connectivity index (χ0v) is 13.6. The summed E-state index contributed by atoms with van der Waals surface area (Å²) in [6, 6.07) is 12.5. The number of hydrogen-bond donors (Lipinski definition) is 1. The van der Waals surface area contributed by atoms with Crippen molar-refractivity contribution in [1.29, 1.82) is 0 Å². The third-order valence-electron chi connectivity index (χ3n) is 3.94. The fourth-order valence-electron chi connectivity index (χ4n) is 2.73. The molecule has 1 aliphatic rings. The molecule has 1 aliphatic heterocycles. The lowest BCUT2D eigenvalue weighted by molar-refractivity contribution is -0.118. The predicted octanol–water partition coefficient (Wildman–Crippen LogP) is 3.89. The number of carbonyl (C=O) groups is 2. The topological polar surface area (TPSA) is 49.4 Å². The van der Waals surface area contributed by atoms with Crippen molar-refractivity contribution < 1.29 is 9.59 Å². The van der Waals surface area contributed by atoms with E-state index in [0.717, 1.165) is 17.7 Å². The zero-order valence-electron chi connectivity index (χ0n) is 12.8. The van der Waals surface area contributed by atoms with Crippen LogP contribution >= 0.6 is 11.6 Å². The van der Waals surface area contributed by atoms with Gasteiger partial charge in [-0.25, -0.2) is 0 Å². The molecule has 0 atom stereocenters. The zero-order chi connectivity index (χ0) is 16.4. The molecule has 23 heavy (non-hydrogen) atoms. The minimum absolute atomic E-state index is 0.113. The van der Waals surface area contributed by atoms with Gasteiger partial charge < -0.3 is 10.2 Å². The van der Waals surface area contributed by atoms with E-state index in [1.54, 1.807) is 35.2 Å². The van der Waals surface area contributed by atoms with Crippen molar-refractivity contribution in [3.8, 4) is 0 Å². The first-order valence-corrected chi connectivity index (χ1v) is 7.96. The van der Waals surface area contributed by atoms with Gasteiger partial charge in [0.2, 0.25) is 5.91 Å². The fraction of sp³-hybridized carbons (Fsp3) is 0.222. The molecular formula is C18H17ClN2O2. The van der Waals surface area contributed by atoms with Gasteiger partial charge in [-0.3, -0.25) is 9.59 Å². The molecule has 5 heteroatoms. The van der Waals surface area contributed by atoms with Crippen LogP contribution in [0.25, 0.3) is 0 Å². The first-order valence-electron chi connectivity index (χ1n) is 7.58. The molecule has 2 aromatic rings. The molecule has 0 aromatic heterocycles. The van der Waals surface area contributed by atoms with Crippen molar-refractivity contribution in [1.82, 2.24) is 0 Å². The third-order valence-corrected chi connectivity index (χ3v) is 4.19. The molecule has 1 heterocycles. The average molecular weight is 329 g/mol. The summed E-state index contributed by atoms with van der Waals surface area (Å²) in [5, 5.41) is 3.47. The predicted molar refractivity (Wildman–Crippen MR) is 92.2 cm³/mol. The Bertz CT molecular complexity index is 756. The Hall–Kier alpha value is -2.33. The van der Waals surface area contributed by atoms with Gasteiger partial charge in [0.25, 0.3) is 5.91 Å². The number of fused-ring (bicyclic) bond motifs is 1. The van der Waals surface area contributed by atoms with Crippen molar-refractivity contribution in [2.75, 3.05) is 16.8 Å². The van der Waals surface area contributed by atoms with E-state index in [9.17, 15) is 9.59 Å². The van der Waals surface area contributed by atoms with E-state index < -0.39 is 0 Å². The lowest BCUT2D eigenvalue weighted by atomic mass is 10.1. The van der Waals surface area contributed by atoms with Crippen molar-refractivity contribution in [2.45, 2.75) is 19.8 Å². The minimum Gasteiger partial charge on any atom is -0.322 e. The first-order chi connectivity index (χ1) is 11.1. The molecule has 0 unspecified atom stereocenters. The SMILES string of the molecule is CCC(=O)N1CCc2cc(C(=O)Nc3ccc(Cl)cc3)ccc21. The largest absolute Gasteiger partial charge is 0.322 e. The molecule has 2 amide bonds. The summed E-state index contributed by atoms with van der Waals surface area (Å²) in [5.74, 6) is -0.0579. The second kappa shape index (κ2) is 6.42. The van der Waals surface area contributed by atoms with Gasteiger partial charge in [-0.2, -0.15) is 0 Å². The maximum absolute atomic E-state index is 12.3. The number of anilines is 2. The fourth-order valence-corrected chi connectivity index (χ4v) is 2.86. The second-order valence-corrected chi connectivity index (χ2v) is 5.89. The molecule has 0 aliphatic carbocycles. The molecular weight excluding hydrogens is 312 g/mol. The second-order valence-electron chi connectivity index (χ2n) is 5.45. The molecule has 0 saturated carbocycles. The van der Waals surface area contributed by atoms with Crippen LogP contribution in [-0.2, 0) is 11.2 Å². The molecule has 0 spiro atoms. The standard InChI is InChI=1S/C18H17ClN2O2/c1-2-17(22)21-10-9-12-11-13(3-8-16(12)21)18(23)20-15-6-4-14(19)5-7-15/h3-8,11H,2,9-10H2,1H3,(H,20,23). The molecule has 0 saturated heterocycles. The van der Waals surface area contributed by atoms with Crippen LogP contribution in [0, 0.1) is 0 Å². The monoisotopic (exact) mass is 328 g/mol. The van der Waals surface area contributed by atoms with Gasteiger partial charge in [-0.15, -0.1) is 0 Å². The molecule has 3 rings (SSSR count). The Kier molecular flexibility index (Phi) is 4.35. The van der Waals surface area contributed by atoms with Gasteiger partial charge >= 0.3 is 0 Å². The molecule has 1 N–H and O–H groups in total. The Morgan fingerprint density at radius 1 is 1.17 bits per heavy atom. The number of halogens is 1. The molecule has 0 fully saturated rings. The van der Waals surface area contributed by atoms with E-state index in [-0.39, 0.29) is 11.8 Å². The van der Waals surface area contributed by atoms with Gasteiger partial charge in [0.1, 0.15) is 0 Å². The van der Waals surface area contributed by atoms with Crippen LogP contribution in [0.4, 0.5) is 11.4 Å². The minimum atomic E-state index is -0.171. The number of nitrogens with one attached hydrogen (secondary N) is 1. The molecule has 118 valence electrons. The van der Waals surface area contributed by atoms with Crippen LogP contribution in [-0.4, -0.2) is 18.4 Å². The highest BCUT2D eigenvalue weighted by Gasteiger charge is 2.24. The maximum atomic E-state index is 12.3. The number of carbonyl (C=O) groups excluding carboxylic acids is 2. The third kappa shape index (κ3) is 3.22. The van der Waals surface area contributed by atoms with Gasteiger partial charge in [-0.05, 0) is 54.4 Å². The van der Waals surface area contributed by atoms with E-state index in [4.69, 9.17) is 11.6 Å². The summed E-state index contributed by atoms with van der Waals surface area (Å²) in [4.78, 5) is 26.0. The summed E-state index contributed by atoms with van der Waals surface area (Å²) in [6.07, 6.45) is 1.27. The maximum Gasteiger partial charge on any atom is 0.255 e. The lowest BCUT2D eigenvalue weighted by Crippen LogP contribution is -2.27. The van der Waals surface area contributed by atoms with Crippen LogP contribution in [0.1, 0.15) is 29.3 Å². The number of benzene rings is 2. The van der Waals surface area contributed by atoms with Crippen LogP contribution < -0.4 is 10.2 Å². The number of rotatable bonds is 3. The van der Waals surface area contributed by atoms with Gasteiger partial charge in [-0.1, -0.05) is 18.5 Å². The number of amides is 2. The smallest absolute Gasteiger partial charge is 0.255 e. The average Bonchev–Trinajstić information content (AvgIpc) is 2.99. The lowest BCUT2D eigenvalue weighted by Gasteiger charge is -2.16. The number of hydrogen-bond acceptors (Lipinski definition) is 2. The summed E-state index contributed by atoms with van der Waals surface area (Å²) in [7, 11) is 0. The summed E-state index contributed by atoms with van der Waals surface area (Å²) >= 11 is 5.84. The van der Waals surface area contributed by atoms with E-state index in [0.29, 0.717) is 29.2 Å². The van der Waals surface area contributed by atoms with E-state index in [1.807, 2.05) is 19.1 Å². The van der Waals surface area contributed by atoms with Crippen LogP contribution in [0.5, 0.6) is 0 Å². The van der Waals surface area contributed by atoms with E-state index >= 15 is 0 Å². The Morgan fingerprint density at radius 3 is 2.61 bits per heavy atom. The van der Waals surface area contributed by atoms with Gasteiger partial charge in [0.05, 0.1) is 0 Å². The van der Waals surface area contributed by atoms with Gasteiger partial charge in [0.15, 0.2) is 0 Å². The Morgan fingerprint density at radius 2 is 1.91 bits per heavy atom. The van der Waals surface area contributed by atoms with E-state index in [1.165, 1.54) is 0 Å². The highest BCUT2D eigenvalue weighted by Crippen LogP contribution is 2.29. The first kappa shape index (κ1) is 15.6. The van der Waals surface area contributed by atoms with Crippen molar-refractivity contribution in [3.05, 3.63) is 58.6 Å². The number of nitrogens with zero attached hydrogens (tertiary/aromatic N) is 1. The quantitative estimate of drug-likeness (QED) is 0.929. The highest BCUT2D eigenvalue weighted by molar-refractivity contribution is 6.30. The summed E-state index contributed by atoms with van der Waals surface area (Å²) in [5.41, 5.74) is 3.24. The molecule has 4 nitrogen and oxygen atoms in total. The van der Waals surface area contributed by atoms with E-state index in [2.05, 4.69) is 5.32 Å². The molecule has 0 radical (unpaired) electrons. The van der Waals surface area contributed by atoms with Crippen LogP contribution in [0.3, 0.4) is 0 Å². The Labute approximate surface area is 140 Å². The van der Waals surface area contributed by atoms with Crippen LogP contribution in [0.2, 0.25) is 5.02 Å². The van der Waals surface area contributed by atoms with Crippen molar-refractivity contribution in [3.63, 3.8) is 0 Å². The highest BCUT2D eigenvalue weighted by atomic mass is 35.5. The van der Waals surface area contributed by atoms with Crippen molar-refractivity contribution in [2.24, 2.45) is 0 Å². The van der Waals surface area contributed by atoms with Gasteiger partial charge in [0, 0.05) is 34.9 Å². The normalized spacial score (nSPS) is 12.9. The molecule has 0 bridgehead atoms. The van der Waals surface area contributed by atoms with Crippen LogP contribution in [0.15, 0.2) is 42.5 Å². The summed E-state index contributed by atoms with van der Waals surface area (Å²) in [6.45, 7) is 2.54.